The van der Waals surface area contributed by atoms with Crippen molar-refractivity contribution in [3.8, 4) is 11.4 Å². The lowest BCUT2D eigenvalue weighted by molar-refractivity contribution is 0.125. The Kier molecular flexibility index (Phi) is 4.31. The molecule has 1 saturated heterocycles. The van der Waals surface area contributed by atoms with Crippen molar-refractivity contribution >= 4 is 0 Å². The molecule has 0 aliphatic carbocycles. The minimum Gasteiger partial charge on any atom is -0.396 e. The number of benzene rings is 1. The summed E-state index contributed by atoms with van der Waals surface area (Å²) in [6.07, 6.45) is 2.14. The van der Waals surface area contributed by atoms with E-state index in [-0.39, 0.29) is 0 Å². The maximum absolute atomic E-state index is 9.20. The highest BCUT2D eigenvalue weighted by Crippen LogP contribution is 2.20. The molecule has 0 saturated carbocycles. The Hall–Kier alpha value is -1.72. The van der Waals surface area contributed by atoms with Gasteiger partial charge in [0.1, 0.15) is 5.82 Å². The molecule has 1 fully saturated rings. The number of rotatable bonds is 4. The van der Waals surface area contributed by atoms with Gasteiger partial charge in [0.2, 0.25) is 0 Å². The van der Waals surface area contributed by atoms with Crippen molar-refractivity contribution < 1.29 is 5.11 Å². The fourth-order valence-corrected chi connectivity index (χ4v) is 2.86. The molecule has 5 nitrogen and oxygen atoms in total. The zero-order chi connectivity index (χ0) is 14.7. The van der Waals surface area contributed by atoms with Gasteiger partial charge in [-0.25, -0.2) is 0 Å². The molecular formula is C16H22N4O. The molecule has 0 atom stereocenters. The van der Waals surface area contributed by atoms with Gasteiger partial charge in [-0.2, -0.15) is 0 Å². The summed E-state index contributed by atoms with van der Waals surface area (Å²) in [5.41, 5.74) is 1.10. The van der Waals surface area contributed by atoms with E-state index in [1.54, 1.807) is 0 Å². The normalized spacial score (nSPS) is 17.2. The molecule has 21 heavy (non-hydrogen) atoms. The third kappa shape index (κ3) is 3.14. The van der Waals surface area contributed by atoms with Crippen molar-refractivity contribution in [3.63, 3.8) is 0 Å². The van der Waals surface area contributed by atoms with E-state index in [1.165, 1.54) is 0 Å². The second kappa shape index (κ2) is 6.37. The fourth-order valence-electron chi connectivity index (χ4n) is 2.86. The molecule has 1 N–H and O–H groups in total. The standard InChI is InChI=1S/C16H22N4O/c1-19-15(11-20-9-7-13(12-21)8-10-20)17-18-16(19)14-5-3-2-4-6-14/h2-6,13,21H,7-12H2,1H3. The number of aromatic nitrogens is 3. The van der Waals surface area contributed by atoms with Crippen LogP contribution in [0.5, 0.6) is 0 Å². The van der Waals surface area contributed by atoms with E-state index < -0.39 is 0 Å². The zero-order valence-electron chi connectivity index (χ0n) is 12.4. The van der Waals surface area contributed by atoms with Crippen LogP contribution in [0.3, 0.4) is 0 Å². The van der Waals surface area contributed by atoms with Crippen LogP contribution in [-0.2, 0) is 13.6 Å². The Morgan fingerprint density at radius 2 is 1.86 bits per heavy atom. The lowest BCUT2D eigenvalue weighted by atomic mass is 9.98. The maximum atomic E-state index is 9.20. The van der Waals surface area contributed by atoms with Crippen molar-refractivity contribution in [1.29, 1.82) is 0 Å². The molecule has 0 bridgehead atoms. The average Bonchev–Trinajstić information content (AvgIpc) is 2.90. The van der Waals surface area contributed by atoms with E-state index in [2.05, 4.69) is 31.8 Å². The Bertz CT molecular complexity index is 573. The summed E-state index contributed by atoms with van der Waals surface area (Å²) in [5.74, 6) is 2.38. The number of hydrogen-bond donors (Lipinski definition) is 1. The molecule has 0 amide bonds. The van der Waals surface area contributed by atoms with Crippen LogP contribution in [0.2, 0.25) is 0 Å². The smallest absolute Gasteiger partial charge is 0.163 e. The van der Waals surface area contributed by atoms with Crippen molar-refractivity contribution in [2.45, 2.75) is 19.4 Å². The Labute approximate surface area is 125 Å². The topological polar surface area (TPSA) is 54.2 Å². The van der Waals surface area contributed by atoms with Gasteiger partial charge in [0.15, 0.2) is 5.82 Å². The molecule has 1 aromatic carbocycles. The number of hydrogen-bond acceptors (Lipinski definition) is 4. The summed E-state index contributed by atoms with van der Waals surface area (Å²) in [5, 5.41) is 17.9. The molecular weight excluding hydrogens is 264 g/mol. The first kappa shape index (κ1) is 14.2. The van der Waals surface area contributed by atoms with Gasteiger partial charge in [-0.05, 0) is 31.8 Å². The van der Waals surface area contributed by atoms with Crippen LogP contribution in [-0.4, -0.2) is 44.5 Å². The van der Waals surface area contributed by atoms with E-state index in [9.17, 15) is 5.11 Å². The van der Waals surface area contributed by atoms with Gasteiger partial charge in [0, 0.05) is 19.2 Å². The van der Waals surface area contributed by atoms with Gasteiger partial charge >= 0.3 is 0 Å². The first-order valence-corrected chi connectivity index (χ1v) is 7.55. The predicted molar refractivity (Wildman–Crippen MR) is 81.5 cm³/mol. The number of likely N-dealkylation sites (tertiary alicyclic amines) is 1. The monoisotopic (exact) mass is 286 g/mol. The average molecular weight is 286 g/mol. The Morgan fingerprint density at radius 1 is 1.14 bits per heavy atom. The number of nitrogens with zero attached hydrogens (tertiary/aromatic N) is 4. The molecule has 0 unspecified atom stereocenters. The van der Waals surface area contributed by atoms with Crippen LogP contribution in [0, 0.1) is 5.92 Å². The van der Waals surface area contributed by atoms with Crippen molar-refractivity contribution in [2.24, 2.45) is 13.0 Å². The molecule has 1 aliphatic rings. The van der Waals surface area contributed by atoms with Crippen LogP contribution >= 0.6 is 0 Å². The Balaban J connectivity index is 1.69. The number of piperidine rings is 1. The molecule has 5 heteroatoms. The zero-order valence-corrected chi connectivity index (χ0v) is 12.4. The first-order valence-electron chi connectivity index (χ1n) is 7.55. The summed E-state index contributed by atoms with van der Waals surface area (Å²) in [4.78, 5) is 2.39. The molecule has 3 rings (SSSR count). The molecule has 112 valence electrons. The molecule has 2 heterocycles. The predicted octanol–water partition coefficient (Wildman–Crippen LogP) is 1.69. The lowest BCUT2D eigenvalue weighted by Gasteiger charge is -2.30. The second-order valence-electron chi connectivity index (χ2n) is 5.77. The van der Waals surface area contributed by atoms with E-state index in [4.69, 9.17) is 0 Å². The Morgan fingerprint density at radius 3 is 2.52 bits per heavy atom. The van der Waals surface area contributed by atoms with Gasteiger partial charge < -0.3 is 9.67 Å². The van der Waals surface area contributed by atoms with Crippen LogP contribution in [0.25, 0.3) is 11.4 Å². The van der Waals surface area contributed by atoms with Gasteiger partial charge in [0.25, 0.3) is 0 Å². The largest absolute Gasteiger partial charge is 0.396 e. The van der Waals surface area contributed by atoms with E-state index in [1.807, 2.05) is 25.2 Å². The third-order valence-electron chi connectivity index (χ3n) is 4.33. The highest BCUT2D eigenvalue weighted by atomic mass is 16.3. The summed E-state index contributed by atoms with van der Waals surface area (Å²) in [6, 6.07) is 10.2. The highest BCUT2D eigenvalue weighted by molar-refractivity contribution is 5.54. The van der Waals surface area contributed by atoms with E-state index in [0.717, 1.165) is 49.7 Å². The summed E-state index contributed by atoms with van der Waals surface area (Å²) < 4.78 is 2.08. The van der Waals surface area contributed by atoms with Crippen LogP contribution in [0.1, 0.15) is 18.7 Å². The molecule has 2 aromatic rings. The molecule has 0 spiro atoms. The van der Waals surface area contributed by atoms with E-state index in [0.29, 0.717) is 12.5 Å². The number of aliphatic hydroxyl groups is 1. The fraction of sp³-hybridized carbons (Fsp3) is 0.500. The molecule has 0 radical (unpaired) electrons. The van der Waals surface area contributed by atoms with Crippen LogP contribution < -0.4 is 0 Å². The minimum atomic E-state index is 0.315. The quantitative estimate of drug-likeness (QED) is 0.929. The van der Waals surface area contributed by atoms with Crippen molar-refractivity contribution in [1.82, 2.24) is 19.7 Å². The molecule has 1 aromatic heterocycles. The van der Waals surface area contributed by atoms with E-state index >= 15 is 0 Å². The summed E-state index contributed by atoms with van der Waals surface area (Å²) in [6.45, 7) is 3.20. The number of aliphatic hydroxyl groups excluding tert-OH is 1. The summed E-state index contributed by atoms with van der Waals surface area (Å²) in [7, 11) is 2.03. The highest BCUT2D eigenvalue weighted by Gasteiger charge is 2.20. The van der Waals surface area contributed by atoms with Crippen molar-refractivity contribution in [2.75, 3.05) is 19.7 Å². The van der Waals surface area contributed by atoms with Gasteiger partial charge in [-0.3, -0.25) is 4.90 Å². The maximum Gasteiger partial charge on any atom is 0.163 e. The third-order valence-corrected chi connectivity index (χ3v) is 4.33. The molecule has 1 aliphatic heterocycles. The minimum absolute atomic E-state index is 0.315. The van der Waals surface area contributed by atoms with Crippen LogP contribution in [0.4, 0.5) is 0 Å². The lowest BCUT2D eigenvalue weighted by Crippen LogP contribution is -2.35. The second-order valence-corrected chi connectivity index (χ2v) is 5.77. The van der Waals surface area contributed by atoms with Gasteiger partial charge in [0.05, 0.1) is 6.54 Å². The first-order chi connectivity index (χ1) is 10.3. The van der Waals surface area contributed by atoms with Crippen molar-refractivity contribution in [3.05, 3.63) is 36.2 Å². The van der Waals surface area contributed by atoms with Gasteiger partial charge in [-0.1, -0.05) is 30.3 Å². The summed E-state index contributed by atoms with van der Waals surface area (Å²) >= 11 is 0. The van der Waals surface area contributed by atoms with Crippen LogP contribution in [0.15, 0.2) is 30.3 Å². The SMILES string of the molecule is Cn1c(CN2CCC(CO)CC2)nnc1-c1ccccc1. The van der Waals surface area contributed by atoms with Gasteiger partial charge in [-0.15, -0.1) is 10.2 Å².